The molecule has 2 N–H and O–H groups in total. The number of aryl methyl sites for hydroxylation is 3. The zero-order chi connectivity index (χ0) is 22.0. The van der Waals surface area contributed by atoms with Crippen LogP contribution in [0.5, 0.6) is 0 Å². The van der Waals surface area contributed by atoms with Crippen LogP contribution in [0.2, 0.25) is 0 Å². The van der Waals surface area contributed by atoms with Crippen LogP contribution in [0, 0.1) is 19.7 Å². The lowest BCUT2D eigenvalue weighted by Gasteiger charge is -2.15. The molecular formula is C24H22FN5O. The molecule has 2 heterocycles. The van der Waals surface area contributed by atoms with Crippen LogP contribution in [0.25, 0.3) is 11.1 Å². The summed E-state index contributed by atoms with van der Waals surface area (Å²) in [6, 6.07) is 13.9. The van der Waals surface area contributed by atoms with Gasteiger partial charge in [0, 0.05) is 41.8 Å². The van der Waals surface area contributed by atoms with Crippen LogP contribution in [0.1, 0.15) is 21.5 Å². The minimum atomic E-state index is -0.453. The van der Waals surface area contributed by atoms with Crippen LogP contribution < -0.4 is 10.6 Å². The first-order valence-corrected chi connectivity index (χ1v) is 9.79. The van der Waals surface area contributed by atoms with Crippen molar-refractivity contribution >= 4 is 23.1 Å². The van der Waals surface area contributed by atoms with Crippen molar-refractivity contribution in [3.05, 3.63) is 89.6 Å². The lowest BCUT2D eigenvalue weighted by molar-refractivity contribution is 0.102. The molecule has 0 aliphatic heterocycles. The Hall–Kier alpha value is -4.00. The third kappa shape index (κ3) is 4.61. The van der Waals surface area contributed by atoms with Gasteiger partial charge in [-0.2, -0.15) is 5.10 Å². The fourth-order valence-electron chi connectivity index (χ4n) is 3.29. The summed E-state index contributed by atoms with van der Waals surface area (Å²) in [4.78, 5) is 17.4. The standard InChI is InChI=1S/C24H22FN5O/c1-15-8-17(10-20(25)9-15)24(31)29-22-11-18(19-13-27-30(3)14-19)12-26-23(22)28-21-7-5-4-6-16(21)2/h4-14H,1-3H3,(H,26,28)(H,29,31). The molecule has 0 bridgehead atoms. The van der Waals surface area contributed by atoms with Crippen LogP contribution in [-0.4, -0.2) is 20.7 Å². The van der Waals surface area contributed by atoms with Gasteiger partial charge in [-0.15, -0.1) is 0 Å². The van der Waals surface area contributed by atoms with Gasteiger partial charge < -0.3 is 10.6 Å². The van der Waals surface area contributed by atoms with E-state index in [1.807, 2.05) is 50.5 Å². The Morgan fingerprint density at radius 2 is 1.81 bits per heavy atom. The van der Waals surface area contributed by atoms with E-state index in [1.165, 1.54) is 12.1 Å². The van der Waals surface area contributed by atoms with E-state index in [4.69, 9.17) is 0 Å². The molecule has 2 aromatic heterocycles. The van der Waals surface area contributed by atoms with E-state index in [2.05, 4.69) is 20.7 Å². The quantitative estimate of drug-likeness (QED) is 0.468. The Labute approximate surface area is 179 Å². The molecule has 4 rings (SSSR count). The number of hydrogen-bond acceptors (Lipinski definition) is 4. The molecular weight excluding hydrogens is 393 g/mol. The predicted octanol–water partition coefficient (Wildman–Crippen LogP) is 5.23. The van der Waals surface area contributed by atoms with Crippen LogP contribution in [0.15, 0.2) is 67.1 Å². The largest absolute Gasteiger partial charge is 0.338 e. The summed E-state index contributed by atoms with van der Waals surface area (Å²) in [7, 11) is 1.83. The number of halogens is 1. The van der Waals surface area contributed by atoms with Gasteiger partial charge in [0.15, 0.2) is 5.82 Å². The average molecular weight is 415 g/mol. The van der Waals surface area contributed by atoms with Gasteiger partial charge in [-0.05, 0) is 55.3 Å². The molecule has 2 aromatic carbocycles. The lowest BCUT2D eigenvalue weighted by atomic mass is 10.1. The fourth-order valence-corrected chi connectivity index (χ4v) is 3.29. The highest BCUT2D eigenvalue weighted by Gasteiger charge is 2.14. The van der Waals surface area contributed by atoms with E-state index in [9.17, 15) is 9.18 Å². The maximum atomic E-state index is 13.8. The monoisotopic (exact) mass is 415 g/mol. The summed E-state index contributed by atoms with van der Waals surface area (Å²) in [6.07, 6.45) is 5.32. The van der Waals surface area contributed by atoms with E-state index in [-0.39, 0.29) is 5.56 Å². The van der Waals surface area contributed by atoms with Crippen LogP contribution in [0.4, 0.5) is 21.6 Å². The molecule has 0 saturated carbocycles. The van der Waals surface area contributed by atoms with Crippen molar-refractivity contribution in [1.82, 2.24) is 14.8 Å². The van der Waals surface area contributed by atoms with Gasteiger partial charge >= 0.3 is 0 Å². The summed E-state index contributed by atoms with van der Waals surface area (Å²) in [6.45, 7) is 3.73. The van der Waals surface area contributed by atoms with E-state index in [1.54, 1.807) is 30.1 Å². The van der Waals surface area contributed by atoms with Crippen molar-refractivity contribution < 1.29 is 9.18 Å². The molecule has 0 unspecified atom stereocenters. The molecule has 31 heavy (non-hydrogen) atoms. The Morgan fingerprint density at radius 3 is 2.52 bits per heavy atom. The zero-order valence-electron chi connectivity index (χ0n) is 17.5. The van der Waals surface area contributed by atoms with Gasteiger partial charge in [0.25, 0.3) is 5.91 Å². The van der Waals surface area contributed by atoms with Crippen molar-refractivity contribution in [1.29, 1.82) is 0 Å². The number of aromatic nitrogens is 3. The molecule has 4 aromatic rings. The first-order chi connectivity index (χ1) is 14.9. The topological polar surface area (TPSA) is 71.8 Å². The first kappa shape index (κ1) is 20.3. The number of para-hydroxylation sites is 1. The minimum absolute atomic E-state index is 0.242. The maximum Gasteiger partial charge on any atom is 0.255 e. The van der Waals surface area contributed by atoms with Gasteiger partial charge in [-0.1, -0.05) is 18.2 Å². The number of benzene rings is 2. The molecule has 0 spiro atoms. The molecule has 6 nitrogen and oxygen atoms in total. The Balaban J connectivity index is 1.72. The molecule has 0 aliphatic rings. The van der Waals surface area contributed by atoms with Crippen molar-refractivity contribution in [2.75, 3.05) is 10.6 Å². The third-order valence-electron chi connectivity index (χ3n) is 4.88. The maximum absolute atomic E-state index is 13.8. The molecule has 7 heteroatoms. The molecule has 0 atom stereocenters. The number of nitrogens with zero attached hydrogens (tertiary/aromatic N) is 3. The van der Waals surface area contributed by atoms with Crippen molar-refractivity contribution in [3.63, 3.8) is 0 Å². The second-order valence-electron chi connectivity index (χ2n) is 7.43. The lowest BCUT2D eigenvalue weighted by Crippen LogP contribution is -2.14. The highest BCUT2D eigenvalue weighted by molar-refractivity contribution is 6.06. The van der Waals surface area contributed by atoms with Crippen molar-refractivity contribution in [2.45, 2.75) is 13.8 Å². The normalized spacial score (nSPS) is 10.7. The Morgan fingerprint density at radius 1 is 1.00 bits per heavy atom. The van der Waals surface area contributed by atoms with Gasteiger partial charge in [-0.25, -0.2) is 9.37 Å². The predicted molar refractivity (Wildman–Crippen MR) is 120 cm³/mol. The fraction of sp³-hybridized carbons (Fsp3) is 0.125. The summed E-state index contributed by atoms with van der Waals surface area (Å²) < 4.78 is 15.5. The zero-order valence-corrected chi connectivity index (χ0v) is 17.5. The molecule has 0 fully saturated rings. The average Bonchev–Trinajstić information content (AvgIpc) is 3.16. The molecule has 0 radical (unpaired) electrons. The van der Waals surface area contributed by atoms with E-state index < -0.39 is 11.7 Å². The Bertz CT molecular complexity index is 1240. The molecule has 0 aliphatic carbocycles. The van der Waals surface area contributed by atoms with Crippen LogP contribution in [-0.2, 0) is 7.05 Å². The van der Waals surface area contributed by atoms with Crippen molar-refractivity contribution in [3.8, 4) is 11.1 Å². The van der Waals surface area contributed by atoms with Gasteiger partial charge in [-0.3, -0.25) is 9.48 Å². The molecule has 1 amide bonds. The van der Waals surface area contributed by atoms with E-state index >= 15 is 0 Å². The number of hydrogen-bond donors (Lipinski definition) is 2. The number of rotatable bonds is 5. The highest BCUT2D eigenvalue weighted by atomic mass is 19.1. The van der Waals surface area contributed by atoms with Gasteiger partial charge in [0.2, 0.25) is 0 Å². The number of anilines is 3. The van der Waals surface area contributed by atoms with Crippen LogP contribution in [0.3, 0.4) is 0 Å². The minimum Gasteiger partial charge on any atom is -0.338 e. The van der Waals surface area contributed by atoms with E-state index in [0.29, 0.717) is 17.1 Å². The molecule has 0 saturated heterocycles. The second kappa shape index (κ2) is 8.39. The number of pyridine rings is 1. The van der Waals surface area contributed by atoms with Gasteiger partial charge in [0.1, 0.15) is 5.82 Å². The molecule has 156 valence electrons. The number of carbonyl (C=O) groups is 1. The summed E-state index contributed by atoms with van der Waals surface area (Å²) in [5.41, 5.74) is 4.98. The highest BCUT2D eigenvalue weighted by Crippen LogP contribution is 2.30. The number of nitrogens with one attached hydrogen (secondary N) is 2. The summed E-state index contributed by atoms with van der Waals surface area (Å²) in [5, 5.41) is 10.4. The summed E-state index contributed by atoms with van der Waals surface area (Å²) >= 11 is 0. The number of carbonyl (C=O) groups excluding carboxylic acids is 1. The smallest absolute Gasteiger partial charge is 0.255 e. The third-order valence-corrected chi connectivity index (χ3v) is 4.88. The Kier molecular flexibility index (Phi) is 5.49. The first-order valence-electron chi connectivity index (χ1n) is 9.79. The SMILES string of the molecule is Cc1cc(F)cc(C(=O)Nc2cc(-c3cnn(C)c3)cnc2Nc2ccccc2C)c1. The summed E-state index contributed by atoms with van der Waals surface area (Å²) in [5.74, 6) is -0.380. The van der Waals surface area contributed by atoms with Crippen LogP contribution >= 0.6 is 0 Å². The van der Waals surface area contributed by atoms with Crippen molar-refractivity contribution in [2.24, 2.45) is 7.05 Å². The van der Waals surface area contributed by atoms with E-state index in [0.717, 1.165) is 22.4 Å². The number of amides is 1. The van der Waals surface area contributed by atoms with Gasteiger partial charge in [0.05, 0.1) is 11.9 Å². The second-order valence-corrected chi connectivity index (χ2v) is 7.43.